The highest BCUT2D eigenvalue weighted by molar-refractivity contribution is 6.30. The summed E-state index contributed by atoms with van der Waals surface area (Å²) in [6.45, 7) is 3.63. The maximum absolute atomic E-state index is 13.1. The van der Waals surface area contributed by atoms with Gasteiger partial charge in [0.25, 0.3) is 0 Å². The van der Waals surface area contributed by atoms with Gasteiger partial charge in [-0.2, -0.15) is 0 Å². The largest absolute Gasteiger partial charge is 0.491 e. The van der Waals surface area contributed by atoms with Crippen molar-refractivity contribution < 1.29 is 13.9 Å². The first kappa shape index (κ1) is 17.9. The van der Waals surface area contributed by atoms with Crippen LogP contribution in [0.25, 0.3) is 0 Å². The topological polar surface area (TPSA) is 48.9 Å². The van der Waals surface area contributed by atoms with Crippen LogP contribution in [0.2, 0.25) is 5.02 Å². The standard InChI is InChI=1S/C19H20ClFN4O2/c20-14-2-4-16-17(12-14)27-11-1-6-25(16)19(26)24-9-7-23(8-10-24)18-5-3-15(21)13-22-18/h2-5,12-13H,1,6-11H2. The number of nitrogens with zero attached hydrogens (tertiary/aromatic N) is 4. The molecule has 1 aromatic heterocycles. The van der Waals surface area contributed by atoms with Gasteiger partial charge >= 0.3 is 6.03 Å². The first-order valence-electron chi connectivity index (χ1n) is 8.97. The molecule has 0 unspecified atom stereocenters. The van der Waals surface area contributed by atoms with E-state index in [0.717, 1.165) is 17.9 Å². The Hall–Kier alpha value is -2.54. The van der Waals surface area contributed by atoms with Gasteiger partial charge in [-0.3, -0.25) is 4.90 Å². The monoisotopic (exact) mass is 390 g/mol. The second kappa shape index (κ2) is 7.60. The normalized spacial score (nSPS) is 17.2. The fourth-order valence-corrected chi connectivity index (χ4v) is 3.57. The molecule has 2 aromatic rings. The molecule has 2 amide bonds. The smallest absolute Gasteiger partial charge is 0.324 e. The van der Waals surface area contributed by atoms with Gasteiger partial charge in [0.1, 0.15) is 17.4 Å². The molecule has 2 aliphatic heterocycles. The summed E-state index contributed by atoms with van der Waals surface area (Å²) in [5.74, 6) is 1.02. The number of fused-ring (bicyclic) bond motifs is 1. The van der Waals surface area contributed by atoms with Crippen molar-refractivity contribution in [3.8, 4) is 5.75 Å². The third kappa shape index (κ3) is 3.78. The molecule has 0 atom stereocenters. The molecule has 0 N–H and O–H groups in total. The minimum Gasteiger partial charge on any atom is -0.491 e. The van der Waals surface area contributed by atoms with Gasteiger partial charge in [0.05, 0.1) is 18.5 Å². The van der Waals surface area contributed by atoms with Gasteiger partial charge < -0.3 is 14.5 Å². The SMILES string of the molecule is O=C(N1CCN(c2ccc(F)cn2)CC1)N1CCCOc2cc(Cl)ccc21. The van der Waals surface area contributed by atoms with E-state index in [1.165, 1.54) is 12.3 Å². The van der Waals surface area contributed by atoms with Crippen molar-refractivity contribution in [1.82, 2.24) is 9.88 Å². The highest BCUT2D eigenvalue weighted by Gasteiger charge is 2.29. The molecule has 0 saturated carbocycles. The van der Waals surface area contributed by atoms with Gasteiger partial charge in [0.15, 0.2) is 0 Å². The number of pyridine rings is 1. The Kier molecular flexibility index (Phi) is 5.03. The Labute approximate surface area is 162 Å². The summed E-state index contributed by atoms with van der Waals surface area (Å²) in [7, 11) is 0. The Balaban J connectivity index is 1.46. The van der Waals surface area contributed by atoms with E-state index in [0.29, 0.717) is 50.1 Å². The minimum atomic E-state index is -0.352. The molecular formula is C19H20ClFN4O2. The van der Waals surface area contributed by atoms with Crippen molar-refractivity contribution in [3.63, 3.8) is 0 Å². The Morgan fingerprint density at radius 1 is 1.11 bits per heavy atom. The Morgan fingerprint density at radius 3 is 2.67 bits per heavy atom. The van der Waals surface area contributed by atoms with E-state index in [2.05, 4.69) is 9.88 Å². The Bertz CT molecular complexity index is 825. The summed E-state index contributed by atoms with van der Waals surface area (Å²) in [5.41, 5.74) is 0.754. The number of ether oxygens (including phenoxy) is 1. The average molecular weight is 391 g/mol. The number of rotatable bonds is 1. The molecule has 0 aliphatic carbocycles. The number of hydrogen-bond donors (Lipinski definition) is 0. The third-order valence-corrected chi connectivity index (χ3v) is 5.05. The molecule has 0 spiro atoms. The van der Waals surface area contributed by atoms with Gasteiger partial charge in [-0.1, -0.05) is 11.6 Å². The van der Waals surface area contributed by atoms with Crippen molar-refractivity contribution in [2.24, 2.45) is 0 Å². The molecule has 6 nitrogen and oxygen atoms in total. The number of amides is 2. The van der Waals surface area contributed by atoms with Gasteiger partial charge in [0.2, 0.25) is 0 Å². The van der Waals surface area contributed by atoms with Crippen molar-refractivity contribution >= 4 is 29.1 Å². The zero-order valence-corrected chi connectivity index (χ0v) is 15.5. The fraction of sp³-hybridized carbons (Fsp3) is 0.368. The van der Waals surface area contributed by atoms with Gasteiger partial charge in [0, 0.05) is 43.8 Å². The van der Waals surface area contributed by atoms with Crippen molar-refractivity contribution in [3.05, 3.63) is 47.4 Å². The van der Waals surface area contributed by atoms with Crippen LogP contribution in [-0.4, -0.2) is 55.2 Å². The summed E-state index contributed by atoms with van der Waals surface area (Å²) in [4.78, 5) is 22.9. The van der Waals surface area contributed by atoms with Crippen molar-refractivity contribution in [2.45, 2.75) is 6.42 Å². The van der Waals surface area contributed by atoms with Crippen LogP contribution in [0.4, 0.5) is 20.7 Å². The fourth-order valence-electron chi connectivity index (χ4n) is 3.40. The van der Waals surface area contributed by atoms with Gasteiger partial charge in [-0.15, -0.1) is 0 Å². The maximum Gasteiger partial charge on any atom is 0.324 e. The molecule has 0 radical (unpaired) electrons. The molecule has 1 aromatic carbocycles. The van der Waals surface area contributed by atoms with E-state index < -0.39 is 0 Å². The van der Waals surface area contributed by atoms with Crippen LogP contribution in [0.1, 0.15) is 6.42 Å². The molecule has 4 rings (SSSR count). The molecule has 27 heavy (non-hydrogen) atoms. The van der Waals surface area contributed by atoms with E-state index in [-0.39, 0.29) is 11.8 Å². The van der Waals surface area contributed by atoms with Crippen LogP contribution < -0.4 is 14.5 Å². The number of halogens is 2. The molecule has 1 saturated heterocycles. The second-order valence-corrected chi connectivity index (χ2v) is 6.99. The predicted molar refractivity (Wildman–Crippen MR) is 102 cm³/mol. The number of benzene rings is 1. The van der Waals surface area contributed by atoms with Gasteiger partial charge in [-0.25, -0.2) is 14.2 Å². The molecular weight excluding hydrogens is 371 g/mol. The minimum absolute atomic E-state index is 0.0317. The summed E-state index contributed by atoms with van der Waals surface area (Å²) >= 11 is 6.06. The second-order valence-electron chi connectivity index (χ2n) is 6.56. The quantitative estimate of drug-likeness (QED) is 0.748. The van der Waals surface area contributed by atoms with Gasteiger partial charge in [-0.05, 0) is 30.7 Å². The number of hydrogen-bond acceptors (Lipinski definition) is 4. The number of urea groups is 1. The number of aromatic nitrogens is 1. The molecule has 1 fully saturated rings. The number of carbonyl (C=O) groups is 1. The number of carbonyl (C=O) groups excluding carboxylic acids is 1. The molecule has 0 bridgehead atoms. The van der Waals surface area contributed by atoms with E-state index >= 15 is 0 Å². The Morgan fingerprint density at radius 2 is 1.93 bits per heavy atom. The van der Waals surface area contributed by atoms with Crippen LogP contribution in [0.3, 0.4) is 0 Å². The third-order valence-electron chi connectivity index (χ3n) is 4.81. The summed E-state index contributed by atoms with van der Waals surface area (Å²) in [6.07, 6.45) is 1.98. The van der Waals surface area contributed by atoms with Crippen LogP contribution in [-0.2, 0) is 0 Å². The number of piperazine rings is 1. The summed E-state index contributed by atoms with van der Waals surface area (Å²) in [5, 5.41) is 0.587. The summed E-state index contributed by atoms with van der Waals surface area (Å²) in [6, 6.07) is 8.39. The maximum atomic E-state index is 13.1. The van der Waals surface area contributed by atoms with Crippen LogP contribution >= 0.6 is 11.6 Å². The lowest BCUT2D eigenvalue weighted by atomic mass is 10.2. The van der Waals surface area contributed by atoms with Crippen LogP contribution in [0, 0.1) is 5.82 Å². The molecule has 2 aliphatic rings. The van der Waals surface area contributed by atoms with E-state index in [9.17, 15) is 9.18 Å². The molecule has 3 heterocycles. The average Bonchev–Trinajstić information content (AvgIpc) is 2.90. The van der Waals surface area contributed by atoms with Crippen molar-refractivity contribution in [2.75, 3.05) is 49.1 Å². The predicted octanol–water partition coefficient (Wildman–Crippen LogP) is 3.41. The summed E-state index contributed by atoms with van der Waals surface area (Å²) < 4.78 is 18.8. The first-order chi connectivity index (χ1) is 13.1. The van der Waals surface area contributed by atoms with E-state index in [1.807, 2.05) is 11.0 Å². The lowest BCUT2D eigenvalue weighted by Gasteiger charge is -2.37. The zero-order valence-electron chi connectivity index (χ0n) is 14.8. The van der Waals surface area contributed by atoms with E-state index in [4.69, 9.17) is 16.3 Å². The first-order valence-corrected chi connectivity index (χ1v) is 9.35. The van der Waals surface area contributed by atoms with Crippen LogP contribution in [0.15, 0.2) is 36.5 Å². The number of anilines is 2. The van der Waals surface area contributed by atoms with Crippen molar-refractivity contribution in [1.29, 1.82) is 0 Å². The molecule has 8 heteroatoms. The lowest BCUT2D eigenvalue weighted by molar-refractivity contribution is 0.201. The van der Waals surface area contributed by atoms with Crippen LogP contribution in [0.5, 0.6) is 5.75 Å². The van der Waals surface area contributed by atoms with E-state index in [1.54, 1.807) is 23.1 Å². The highest BCUT2D eigenvalue weighted by Crippen LogP contribution is 2.34. The lowest BCUT2D eigenvalue weighted by Crippen LogP contribution is -2.53. The zero-order chi connectivity index (χ0) is 18.8. The highest BCUT2D eigenvalue weighted by atomic mass is 35.5. The molecule has 142 valence electrons.